The Hall–Kier alpha value is -2.44. The van der Waals surface area contributed by atoms with Crippen molar-refractivity contribution in [2.45, 2.75) is 65.6 Å². The number of nitrogens with one attached hydrogen (secondary N) is 1. The van der Waals surface area contributed by atoms with Gasteiger partial charge in [0.15, 0.2) is 0 Å². The third kappa shape index (κ3) is 8.78. The van der Waals surface area contributed by atoms with Crippen molar-refractivity contribution in [3.05, 3.63) is 69.5 Å². The number of fused-ring (bicyclic) bond motifs is 1. The molecule has 180 valence electrons. The monoisotopic (exact) mass is 476 g/mol. The Morgan fingerprint density at radius 2 is 1.85 bits per heavy atom. The average molecular weight is 477 g/mol. The highest BCUT2D eigenvalue weighted by Crippen LogP contribution is 2.33. The van der Waals surface area contributed by atoms with Gasteiger partial charge in [-0.15, -0.1) is 0 Å². The van der Waals surface area contributed by atoms with E-state index >= 15 is 0 Å². The molecular weight excluding hydrogens is 443 g/mol. The lowest BCUT2D eigenvalue weighted by atomic mass is 9.92. The first-order chi connectivity index (χ1) is 15.5. The van der Waals surface area contributed by atoms with Crippen LogP contribution >= 0.6 is 11.6 Å². The van der Waals surface area contributed by atoms with Crippen LogP contribution in [0, 0.1) is 11.7 Å². The SMILES string of the molecule is CC(C)(C)O.CCC(CCNC=O)Cc1cc(Cl)c2c(c1)CN(Cc1ccc(F)cc1)C2=O. The lowest BCUT2D eigenvalue weighted by molar-refractivity contribution is -0.109. The Kier molecular flexibility index (Phi) is 9.87. The Bertz CT molecular complexity index is 936. The Morgan fingerprint density at radius 1 is 1.21 bits per heavy atom. The van der Waals surface area contributed by atoms with E-state index in [0.29, 0.717) is 36.1 Å². The predicted molar refractivity (Wildman–Crippen MR) is 130 cm³/mol. The summed E-state index contributed by atoms with van der Waals surface area (Å²) >= 11 is 6.46. The van der Waals surface area contributed by atoms with Gasteiger partial charge in [-0.05, 0) is 74.4 Å². The maximum atomic E-state index is 13.1. The molecule has 7 heteroatoms. The van der Waals surface area contributed by atoms with Crippen molar-refractivity contribution in [3.8, 4) is 0 Å². The zero-order valence-corrected chi connectivity index (χ0v) is 20.6. The summed E-state index contributed by atoms with van der Waals surface area (Å²) in [6.07, 6.45) is 3.49. The van der Waals surface area contributed by atoms with Crippen molar-refractivity contribution in [2.75, 3.05) is 6.54 Å². The molecule has 2 aromatic carbocycles. The third-order valence-electron chi connectivity index (χ3n) is 5.26. The first kappa shape index (κ1) is 26.8. The van der Waals surface area contributed by atoms with Crippen LogP contribution in [0.1, 0.15) is 67.6 Å². The normalized spacial score (nSPS) is 13.8. The lowest BCUT2D eigenvalue weighted by Gasteiger charge is -2.15. The third-order valence-corrected chi connectivity index (χ3v) is 5.56. The minimum Gasteiger partial charge on any atom is -0.391 e. The summed E-state index contributed by atoms with van der Waals surface area (Å²) < 4.78 is 13.1. The number of hydrogen-bond donors (Lipinski definition) is 2. The number of amides is 2. The van der Waals surface area contributed by atoms with Crippen molar-refractivity contribution < 1.29 is 19.1 Å². The van der Waals surface area contributed by atoms with E-state index in [1.807, 2.05) is 6.07 Å². The van der Waals surface area contributed by atoms with Crippen LogP contribution in [0.4, 0.5) is 4.39 Å². The molecule has 2 amide bonds. The molecule has 0 saturated carbocycles. The summed E-state index contributed by atoms with van der Waals surface area (Å²) in [7, 11) is 0. The number of benzene rings is 2. The number of hydrogen-bond acceptors (Lipinski definition) is 3. The summed E-state index contributed by atoms with van der Waals surface area (Å²) in [4.78, 5) is 24.9. The van der Waals surface area contributed by atoms with E-state index in [9.17, 15) is 14.0 Å². The second kappa shape index (κ2) is 12.1. The van der Waals surface area contributed by atoms with Crippen LogP contribution in [-0.4, -0.2) is 34.5 Å². The fourth-order valence-corrected chi connectivity index (χ4v) is 4.05. The van der Waals surface area contributed by atoms with Gasteiger partial charge in [-0.1, -0.05) is 43.1 Å². The highest BCUT2D eigenvalue weighted by atomic mass is 35.5. The van der Waals surface area contributed by atoms with E-state index < -0.39 is 5.60 Å². The van der Waals surface area contributed by atoms with Crippen LogP contribution in [0.3, 0.4) is 0 Å². The Balaban J connectivity index is 0.000000696. The van der Waals surface area contributed by atoms with Crippen LogP contribution in [-0.2, 0) is 24.3 Å². The quantitative estimate of drug-likeness (QED) is 0.390. The maximum Gasteiger partial charge on any atom is 0.256 e. The highest BCUT2D eigenvalue weighted by Gasteiger charge is 2.30. The van der Waals surface area contributed by atoms with Crippen LogP contribution in [0.15, 0.2) is 36.4 Å². The Labute approximate surface area is 200 Å². The van der Waals surface area contributed by atoms with Gasteiger partial charge in [0.1, 0.15) is 5.82 Å². The predicted octanol–water partition coefficient (Wildman–Crippen LogP) is 5.12. The average Bonchev–Trinajstić information content (AvgIpc) is 3.03. The number of halogens is 2. The fourth-order valence-electron chi connectivity index (χ4n) is 3.71. The lowest BCUT2D eigenvalue weighted by Crippen LogP contribution is -2.23. The fraction of sp³-hybridized carbons (Fsp3) is 0.462. The second-order valence-corrected chi connectivity index (χ2v) is 9.82. The number of nitrogens with zero attached hydrogens (tertiary/aromatic N) is 1. The molecule has 2 aromatic rings. The van der Waals surface area contributed by atoms with Gasteiger partial charge in [-0.25, -0.2) is 4.39 Å². The minimum atomic E-state index is -0.500. The number of carbonyl (C=O) groups excluding carboxylic acids is 2. The topological polar surface area (TPSA) is 69.6 Å². The van der Waals surface area contributed by atoms with E-state index in [1.54, 1.807) is 37.8 Å². The van der Waals surface area contributed by atoms with E-state index in [4.69, 9.17) is 16.7 Å². The molecule has 0 radical (unpaired) electrons. The van der Waals surface area contributed by atoms with Crippen LogP contribution in [0.5, 0.6) is 0 Å². The Morgan fingerprint density at radius 3 is 2.42 bits per heavy atom. The van der Waals surface area contributed by atoms with E-state index in [0.717, 1.165) is 42.4 Å². The molecule has 1 aliphatic heterocycles. The molecule has 0 fully saturated rings. The molecule has 2 N–H and O–H groups in total. The number of rotatable bonds is 9. The van der Waals surface area contributed by atoms with Gasteiger partial charge < -0.3 is 15.3 Å². The van der Waals surface area contributed by atoms with Crippen LogP contribution in [0.2, 0.25) is 5.02 Å². The molecule has 0 aliphatic carbocycles. The first-order valence-electron chi connectivity index (χ1n) is 11.3. The van der Waals surface area contributed by atoms with Gasteiger partial charge in [0.2, 0.25) is 6.41 Å². The molecular formula is C26H34ClFN2O3. The summed E-state index contributed by atoms with van der Waals surface area (Å²) in [6.45, 7) is 8.95. The van der Waals surface area contributed by atoms with Gasteiger partial charge >= 0.3 is 0 Å². The molecule has 1 unspecified atom stereocenters. The molecule has 33 heavy (non-hydrogen) atoms. The molecule has 0 spiro atoms. The van der Waals surface area contributed by atoms with Gasteiger partial charge in [0.25, 0.3) is 5.91 Å². The molecule has 1 heterocycles. The van der Waals surface area contributed by atoms with Gasteiger partial charge in [0.05, 0.1) is 16.2 Å². The molecule has 1 aliphatic rings. The van der Waals surface area contributed by atoms with Crippen molar-refractivity contribution in [1.29, 1.82) is 0 Å². The molecule has 5 nitrogen and oxygen atoms in total. The number of carbonyl (C=O) groups is 2. The zero-order chi connectivity index (χ0) is 24.6. The van der Waals surface area contributed by atoms with E-state index in [-0.39, 0.29) is 11.7 Å². The van der Waals surface area contributed by atoms with Crippen molar-refractivity contribution >= 4 is 23.9 Å². The number of aliphatic hydroxyl groups is 1. The van der Waals surface area contributed by atoms with Crippen LogP contribution < -0.4 is 5.32 Å². The molecule has 0 bridgehead atoms. The maximum absolute atomic E-state index is 13.1. The zero-order valence-electron chi connectivity index (χ0n) is 19.8. The minimum absolute atomic E-state index is 0.0851. The van der Waals surface area contributed by atoms with Crippen LogP contribution in [0.25, 0.3) is 0 Å². The summed E-state index contributed by atoms with van der Waals surface area (Å²) in [6, 6.07) is 10.1. The summed E-state index contributed by atoms with van der Waals surface area (Å²) in [5, 5.41) is 11.7. The van der Waals surface area contributed by atoms with E-state index in [1.165, 1.54) is 12.1 Å². The first-order valence-corrected chi connectivity index (χ1v) is 11.6. The largest absolute Gasteiger partial charge is 0.391 e. The molecule has 1 atom stereocenters. The summed E-state index contributed by atoms with van der Waals surface area (Å²) in [5.74, 6) is 0.0633. The standard InChI is InChI=1S/C22H24ClFN2O2.C4H10O/c1-2-15(7-8-25-14-27)9-17-10-18-13-26(22(28)21(18)20(23)11-17)12-16-3-5-19(24)6-4-16;1-4(2,3)5/h3-6,10-11,14-15H,2,7-9,12-13H2,1H3,(H,25,27);5H,1-3H3. The smallest absolute Gasteiger partial charge is 0.256 e. The molecule has 0 aromatic heterocycles. The molecule has 3 rings (SSSR count). The van der Waals surface area contributed by atoms with Gasteiger partial charge in [-0.2, -0.15) is 0 Å². The van der Waals surface area contributed by atoms with E-state index in [2.05, 4.69) is 18.3 Å². The van der Waals surface area contributed by atoms with Gasteiger partial charge in [0, 0.05) is 19.6 Å². The second-order valence-electron chi connectivity index (χ2n) is 9.41. The summed E-state index contributed by atoms with van der Waals surface area (Å²) in [5.41, 5.74) is 3.00. The highest BCUT2D eigenvalue weighted by molar-refractivity contribution is 6.34. The van der Waals surface area contributed by atoms with Crippen molar-refractivity contribution in [1.82, 2.24) is 10.2 Å². The van der Waals surface area contributed by atoms with Crippen molar-refractivity contribution in [2.24, 2.45) is 5.92 Å². The van der Waals surface area contributed by atoms with Crippen molar-refractivity contribution in [3.63, 3.8) is 0 Å². The molecule has 0 saturated heterocycles. The van der Waals surface area contributed by atoms with Gasteiger partial charge in [-0.3, -0.25) is 9.59 Å².